The van der Waals surface area contributed by atoms with Gasteiger partial charge in [-0.15, -0.1) is 0 Å². The summed E-state index contributed by atoms with van der Waals surface area (Å²) in [6.07, 6.45) is -4.59. The van der Waals surface area contributed by atoms with Gasteiger partial charge in [0.05, 0.1) is 33.0 Å². The molecule has 0 atom stereocenters. The van der Waals surface area contributed by atoms with Crippen molar-refractivity contribution < 1.29 is 31.2 Å². The summed E-state index contributed by atoms with van der Waals surface area (Å²) in [5.74, 6) is -1.91. The molecule has 1 heterocycles. The number of benzene rings is 2. The first-order valence-corrected chi connectivity index (χ1v) is 10.6. The number of nitrogens with zero attached hydrogens (tertiary/aromatic N) is 1. The Hall–Kier alpha value is -2.59. The van der Waals surface area contributed by atoms with Crippen LogP contribution in [0.4, 0.5) is 24.5 Å². The molecule has 1 saturated heterocycles. The number of rotatable bonds is 3. The van der Waals surface area contributed by atoms with Crippen LogP contribution in [0.15, 0.2) is 42.5 Å². The fraction of sp³-hybridized carbons (Fsp3) is 0.263. The topological polar surface area (TPSA) is 83.6 Å². The van der Waals surface area contributed by atoms with Crippen LogP contribution in [0, 0.1) is 5.41 Å². The van der Waals surface area contributed by atoms with Crippen LogP contribution in [0.25, 0.3) is 0 Å². The maximum atomic E-state index is 12.9. The van der Waals surface area contributed by atoms with Crippen molar-refractivity contribution in [2.24, 2.45) is 5.41 Å². The molecule has 3 rings (SSSR count). The number of nitrogens with one attached hydrogen (secondary N) is 1. The third-order valence-electron chi connectivity index (χ3n) is 4.46. The third kappa shape index (κ3) is 4.15. The first-order valence-electron chi connectivity index (χ1n) is 8.58. The molecule has 2 aromatic rings. The molecular formula is C19H16ClF3N2O4S. The fourth-order valence-corrected chi connectivity index (χ4v) is 5.35. The van der Waals surface area contributed by atoms with E-state index >= 15 is 0 Å². The highest BCUT2D eigenvalue weighted by Crippen LogP contribution is 2.37. The lowest BCUT2D eigenvalue weighted by Crippen LogP contribution is -2.33. The molecule has 0 spiro atoms. The predicted octanol–water partition coefficient (Wildman–Crippen LogP) is 4.31. The predicted molar refractivity (Wildman–Crippen MR) is 106 cm³/mol. The second-order valence-corrected chi connectivity index (χ2v) is 9.63. The average Bonchev–Trinajstić information content (AvgIpc) is 2.78. The second kappa shape index (κ2) is 7.28. The highest BCUT2D eigenvalue weighted by molar-refractivity contribution is 7.94. The van der Waals surface area contributed by atoms with Gasteiger partial charge < -0.3 is 5.32 Å². The van der Waals surface area contributed by atoms with Gasteiger partial charge in [0, 0.05) is 5.69 Å². The molecule has 0 aliphatic carbocycles. The smallest absolute Gasteiger partial charge is 0.322 e. The number of sulfonamides is 1. The lowest BCUT2D eigenvalue weighted by Gasteiger charge is -2.18. The van der Waals surface area contributed by atoms with E-state index in [1.807, 2.05) is 0 Å². The third-order valence-corrected chi connectivity index (χ3v) is 6.81. The van der Waals surface area contributed by atoms with Crippen molar-refractivity contribution in [2.75, 3.05) is 15.4 Å². The summed E-state index contributed by atoms with van der Waals surface area (Å²) in [5.41, 5.74) is -2.49. The van der Waals surface area contributed by atoms with Gasteiger partial charge in [0.2, 0.25) is 15.9 Å². The zero-order valence-electron chi connectivity index (χ0n) is 15.7. The molecule has 0 saturated carbocycles. The minimum Gasteiger partial charge on any atom is -0.322 e. The van der Waals surface area contributed by atoms with E-state index < -0.39 is 44.7 Å². The van der Waals surface area contributed by atoms with Crippen LogP contribution >= 0.6 is 11.6 Å². The average molecular weight is 461 g/mol. The number of hydrogen-bond acceptors (Lipinski definition) is 4. The highest BCUT2D eigenvalue weighted by Gasteiger charge is 2.50. The molecule has 11 heteroatoms. The Balaban J connectivity index is 1.95. The number of amides is 2. The van der Waals surface area contributed by atoms with Crippen molar-refractivity contribution in [1.82, 2.24) is 0 Å². The number of carbonyl (C=O) groups is 2. The molecule has 0 bridgehead atoms. The van der Waals surface area contributed by atoms with Crippen LogP contribution in [0.2, 0.25) is 5.02 Å². The van der Waals surface area contributed by atoms with Gasteiger partial charge in [0.1, 0.15) is 0 Å². The number of halogens is 4. The van der Waals surface area contributed by atoms with Gasteiger partial charge in [-0.05, 0) is 50.2 Å². The largest absolute Gasteiger partial charge is 0.416 e. The molecule has 30 heavy (non-hydrogen) atoms. The first-order chi connectivity index (χ1) is 13.7. The SMILES string of the molecule is CC1(C)CS(=O)(=O)N(c2ccc(Cl)c(C(=O)Nc3cccc(C(F)(F)F)c3)c2)C1=O. The maximum absolute atomic E-state index is 12.9. The van der Waals surface area contributed by atoms with Crippen LogP contribution in [-0.2, 0) is 21.0 Å². The van der Waals surface area contributed by atoms with Gasteiger partial charge in [-0.25, -0.2) is 12.7 Å². The van der Waals surface area contributed by atoms with Crippen molar-refractivity contribution in [2.45, 2.75) is 20.0 Å². The first kappa shape index (κ1) is 22.1. The van der Waals surface area contributed by atoms with Crippen molar-refractivity contribution in [3.8, 4) is 0 Å². The van der Waals surface area contributed by atoms with Crippen LogP contribution in [0.1, 0.15) is 29.8 Å². The summed E-state index contributed by atoms with van der Waals surface area (Å²) in [7, 11) is -3.95. The summed E-state index contributed by atoms with van der Waals surface area (Å²) in [4.78, 5) is 25.1. The Kier molecular flexibility index (Phi) is 5.36. The summed E-state index contributed by atoms with van der Waals surface area (Å²) in [6.45, 7) is 2.98. The van der Waals surface area contributed by atoms with E-state index in [4.69, 9.17) is 11.6 Å². The van der Waals surface area contributed by atoms with Crippen LogP contribution in [-0.4, -0.2) is 26.0 Å². The van der Waals surface area contributed by atoms with E-state index in [-0.39, 0.29) is 22.0 Å². The number of anilines is 2. The summed E-state index contributed by atoms with van der Waals surface area (Å²) >= 11 is 6.04. The Morgan fingerprint density at radius 2 is 1.83 bits per heavy atom. The Bertz CT molecular complexity index is 1150. The minimum absolute atomic E-state index is 0.0634. The quantitative estimate of drug-likeness (QED) is 0.739. The van der Waals surface area contributed by atoms with Gasteiger partial charge >= 0.3 is 6.18 Å². The number of hydrogen-bond donors (Lipinski definition) is 1. The molecule has 6 nitrogen and oxygen atoms in total. The molecule has 1 fully saturated rings. The van der Waals surface area contributed by atoms with Gasteiger partial charge in [-0.2, -0.15) is 13.2 Å². The van der Waals surface area contributed by atoms with Crippen LogP contribution in [0.5, 0.6) is 0 Å². The van der Waals surface area contributed by atoms with Gasteiger partial charge in [0.25, 0.3) is 5.91 Å². The van der Waals surface area contributed by atoms with E-state index in [1.165, 1.54) is 32.0 Å². The zero-order chi connectivity index (χ0) is 22.5. The zero-order valence-corrected chi connectivity index (χ0v) is 17.3. The molecule has 0 unspecified atom stereocenters. The normalized spacial score (nSPS) is 17.8. The fourth-order valence-electron chi connectivity index (χ4n) is 3.05. The monoisotopic (exact) mass is 460 g/mol. The highest BCUT2D eigenvalue weighted by atomic mass is 35.5. The van der Waals surface area contributed by atoms with Gasteiger partial charge in [-0.1, -0.05) is 17.7 Å². The van der Waals surface area contributed by atoms with E-state index in [0.29, 0.717) is 4.31 Å². The molecule has 0 aromatic heterocycles. The molecule has 1 N–H and O–H groups in total. The number of alkyl halides is 3. The summed E-state index contributed by atoms with van der Waals surface area (Å²) < 4.78 is 64.1. The summed E-state index contributed by atoms with van der Waals surface area (Å²) in [5, 5.41) is 2.24. The van der Waals surface area contributed by atoms with Crippen molar-refractivity contribution >= 4 is 44.8 Å². The lowest BCUT2D eigenvalue weighted by atomic mass is 9.95. The van der Waals surface area contributed by atoms with Crippen molar-refractivity contribution in [3.63, 3.8) is 0 Å². The molecule has 160 valence electrons. The number of carbonyl (C=O) groups excluding carboxylic acids is 2. The Morgan fingerprint density at radius 1 is 1.17 bits per heavy atom. The summed E-state index contributed by atoms with van der Waals surface area (Å²) in [6, 6.07) is 7.64. The Labute approximate surface area is 175 Å². The molecular weight excluding hydrogens is 445 g/mol. The van der Waals surface area contributed by atoms with E-state index in [1.54, 1.807) is 0 Å². The van der Waals surface area contributed by atoms with E-state index in [9.17, 15) is 31.2 Å². The molecule has 2 aromatic carbocycles. The second-order valence-electron chi connectivity index (χ2n) is 7.41. The maximum Gasteiger partial charge on any atom is 0.416 e. The molecule has 2 amide bonds. The van der Waals surface area contributed by atoms with Crippen molar-refractivity contribution in [1.29, 1.82) is 0 Å². The molecule has 1 aliphatic heterocycles. The van der Waals surface area contributed by atoms with E-state index in [2.05, 4.69) is 5.32 Å². The minimum atomic E-state index is -4.59. The van der Waals surface area contributed by atoms with E-state index in [0.717, 1.165) is 24.3 Å². The van der Waals surface area contributed by atoms with Crippen molar-refractivity contribution in [3.05, 3.63) is 58.6 Å². The molecule has 1 aliphatic rings. The van der Waals surface area contributed by atoms with Crippen LogP contribution in [0.3, 0.4) is 0 Å². The van der Waals surface area contributed by atoms with Gasteiger partial charge in [0.15, 0.2) is 0 Å². The lowest BCUT2D eigenvalue weighted by molar-refractivity contribution is -0.137. The van der Waals surface area contributed by atoms with Gasteiger partial charge in [-0.3, -0.25) is 9.59 Å². The Morgan fingerprint density at radius 3 is 2.40 bits per heavy atom. The van der Waals surface area contributed by atoms with Crippen LogP contribution < -0.4 is 9.62 Å². The molecule has 0 radical (unpaired) electrons. The standard InChI is InChI=1S/C19H16ClF3N2O4S/c1-18(2)10-30(28,29)25(17(18)27)13-6-7-15(20)14(9-13)16(26)24-12-5-3-4-11(8-12)19(21,22)23/h3-9H,10H2,1-2H3,(H,24,26).